The fraction of sp³-hybridized carbons (Fsp3) is 0. The van der Waals surface area contributed by atoms with Gasteiger partial charge in [0.25, 0.3) is 5.91 Å². The number of nitrogens with two attached hydrogens (primary N) is 1. The average molecular weight is 177 g/mol. The first-order chi connectivity index (χ1) is 6.27. The van der Waals surface area contributed by atoms with Crippen molar-refractivity contribution in [2.24, 2.45) is 16.2 Å². The van der Waals surface area contributed by atoms with Gasteiger partial charge < -0.3 is 5.84 Å². The van der Waals surface area contributed by atoms with E-state index in [1.165, 1.54) is 24.3 Å². The van der Waals surface area contributed by atoms with Gasteiger partial charge in [0.15, 0.2) is 0 Å². The lowest BCUT2D eigenvalue weighted by Crippen LogP contribution is -1.95. The van der Waals surface area contributed by atoms with Crippen LogP contribution in [0.1, 0.15) is 20.7 Å². The summed E-state index contributed by atoms with van der Waals surface area (Å²) in [6, 6.07) is 6.01. The van der Waals surface area contributed by atoms with Gasteiger partial charge in [0, 0.05) is 11.1 Å². The van der Waals surface area contributed by atoms with Gasteiger partial charge in [0.1, 0.15) is 6.29 Å². The third-order valence-corrected chi connectivity index (χ3v) is 1.44. The molecule has 0 bridgehead atoms. The number of rotatable bonds is 2. The van der Waals surface area contributed by atoms with Crippen LogP contribution >= 0.6 is 0 Å². The van der Waals surface area contributed by atoms with Crippen LogP contribution in [0.3, 0.4) is 0 Å². The first-order valence-electron chi connectivity index (χ1n) is 3.48. The normalized spacial score (nSPS) is 10.2. The molecule has 0 fully saturated rings. The summed E-state index contributed by atoms with van der Waals surface area (Å²) >= 11 is 0. The monoisotopic (exact) mass is 177 g/mol. The molecular weight excluding hydrogens is 170 g/mol. The third kappa shape index (κ3) is 2.19. The summed E-state index contributed by atoms with van der Waals surface area (Å²) in [5.74, 6) is 4.18. The molecule has 0 saturated heterocycles. The van der Waals surface area contributed by atoms with Crippen molar-refractivity contribution in [1.82, 2.24) is 0 Å². The van der Waals surface area contributed by atoms with Crippen LogP contribution in [0.2, 0.25) is 0 Å². The van der Waals surface area contributed by atoms with Crippen LogP contribution in [-0.2, 0) is 0 Å². The van der Waals surface area contributed by atoms with Crippen molar-refractivity contribution < 1.29 is 9.59 Å². The molecule has 0 aliphatic carbocycles. The van der Waals surface area contributed by atoms with Crippen LogP contribution in [0.25, 0.3) is 0 Å². The first-order valence-corrected chi connectivity index (χ1v) is 3.48. The number of aldehydes is 1. The van der Waals surface area contributed by atoms with Crippen molar-refractivity contribution in [3.8, 4) is 0 Å². The summed E-state index contributed by atoms with van der Waals surface area (Å²) in [6.45, 7) is 0. The van der Waals surface area contributed by atoms with Crippen LogP contribution in [0.15, 0.2) is 34.6 Å². The van der Waals surface area contributed by atoms with Gasteiger partial charge in [-0.2, -0.15) is 0 Å². The summed E-state index contributed by atoms with van der Waals surface area (Å²) in [5, 5.41) is 5.99. The Morgan fingerprint density at radius 2 is 1.92 bits per heavy atom. The molecule has 2 N–H and O–H groups in total. The molecule has 66 valence electrons. The molecule has 0 spiro atoms. The number of nitrogens with zero attached hydrogens (tertiary/aromatic N) is 2. The van der Waals surface area contributed by atoms with Gasteiger partial charge in [-0.15, -0.1) is 0 Å². The molecule has 0 aromatic heterocycles. The summed E-state index contributed by atoms with van der Waals surface area (Å²) in [4.78, 5) is 21.3. The SMILES string of the molecule is NN=NC(=O)c1ccc(C=O)cc1. The Bertz CT molecular complexity index is 343. The number of hydrogen-bond donors (Lipinski definition) is 1. The van der Waals surface area contributed by atoms with Gasteiger partial charge in [0.2, 0.25) is 0 Å². The Hall–Kier alpha value is -2.04. The van der Waals surface area contributed by atoms with E-state index in [-0.39, 0.29) is 0 Å². The van der Waals surface area contributed by atoms with Gasteiger partial charge in [-0.25, -0.2) is 0 Å². The van der Waals surface area contributed by atoms with Gasteiger partial charge in [-0.1, -0.05) is 22.5 Å². The summed E-state index contributed by atoms with van der Waals surface area (Å²) in [7, 11) is 0. The fourth-order valence-corrected chi connectivity index (χ4v) is 0.814. The maximum absolute atomic E-state index is 11.0. The smallest absolute Gasteiger partial charge is 0.297 e. The number of carbonyl (C=O) groups is 2. The molecule has 0 unspecified atom stereocenters. The van der Waals surface area contributed by atoms with Gasteiger partial charge in [0.05, 0.1) is 0 Å². The minimum absolute atomic E-state index is 0.347. The molecule has 0 aliphatic heterocycles. The molecule has 1 rings (SSSR count). The average Bonchev–Trinajstić information content (AvgIpc) is 2.18. The molecule has 0 heterocycles. The molecular formula is C8H7N3O2. The van der Waals surface area contributed by atoms with Crippen molar-refractivity contribution >= 4 is 12.2 Å². The molecule has 0 atom stereocenters. The predicted molar refractivity (Wildman–Crippen MR) is 45.2 cm³/mol. The van der Waals surface area contributed by atoms with Gasteiger partial charge in [-0.05, 0) is 12.1 Å². The molecule has 0 saturated carbocycles. The summed E-state index contributed by atoms with van der Waals surface area (Å²) < 4.78 is 0. The van der Waals surface area contributed by atoms with Crippen molar-refractivity contribution in [2.75, 3.05) is 0 Å². The fourth-order valence-electron chi connectivity index (χ4n) is 0.814. The van der Waals surface area contributed by atoms with Crippen LogP contribution in [-0.4, -0.2) is 12.2 Å². The second-order valence-corrected chi connectivity index (χ2v) is 2.26. The van der Waals surface area contributed by atoms with E-state index in [0.29, 0.717) is 17.4 Å². The lowest BCUT2D eigenvalue weighted by atomic mass is 10.1. The van der Waals surface area contributed by atoms with Crippen molar-refractivity contribution in [3.05, 3.63) is 35.4 Å². The lowest BCUT2D eigenvalue weighted by Gasteiger charge is -1.93. The van der Waals surface area contributed by atoms with Gasteiger partial charge in [-0.3, -0.25) is 9.59 Å². The maximum atomic E-state index is 11.0. The molecule has 1 aromatic carbocycles. The molecule has 5 heteroatoms. The highest BCUT2D eigenvalue weighted by atomic mass is 16.1. The minimum atomic E-state index is -0.528. The minimum Gasteiger partial charge on any atom is -0.304 e. The van der Waals surface area contributed by atoms with E-state index < -0.39 is 5.91 Å². The zero-order valence-corrected chi connectivity index (χ0v) is 6.68. The van der Waals surface area contributed by atoms with E-state index in [1.54, 1.807) is 0 Å². The first kappa shape index (κ1) is 9.05. The number of hydrogen-bond acceptors (Lipinski definition) is 3. The zero-order chi connectivity index (χ0) is 9.68. The Morgan fingerprint density at radius 3 is 2.38 bits per heavy atom. The topological polar surface area (TPSA) is 84.9 Å². The number of benzene rings is 1. The van der Waals surface area contributed by atoms with Gasteiger partial charge >= 0.3 is 0 Å². The van der Waals surface area contributed by atoms with Crippen molar-refractivity contribution in [3.63, 3.8) is 0 Å². The summed E-state index contributed by atoms with van der Waals surface area (Å²) in [5.41, 5.74) is 0.848. The van der Waals surface area contributed by atoms with Crippen LogP contribution < -0.4 is 5.84 Å². The predicted octanol–water partition coefficient (Wildman–Crippen LogP) is 0.965. The van der Waals surface area contributed by atoms with Crippen LogP contribution in [0.5, 0.6) is 0 Å². The van der Waals surface area contributed by atoms with E-state index in [0.717, 1.165) is 0 Å². The highest BCUT2D eigenvalue weighted by molar-refractivity contribution is 5.95. The van der Waals surface area contributed by atoms with E-state index in [9.17, 15) is 9.59 Å². The zero-order valence-electron chi connectivity index (χ0n) is 6.68. The quantitative estimate of drug-likeness (QED) is 0.316. The van der Waals surface area contributed by atoms with E-state index in [2.05, 4.69) is 10.3 Å². The Morgan fingerprint density at radius 1 is 1.31 bits per heavy atom. The molecule has 5 nitrogen and oxygen atoms in total. The maximum Gasteiger partial charge on any atom is 0.297 e. The summed E-state index contributed by atoms with van der Waals surface area (Å²) in [6.07, 6.45) is 0.693. The molecule has 1 amide bonds. The number of carbonyl (C=O) groups excluding carboxylic acids is 2. The Kier molecular flexibility index (Phi) is 2.86. The Labute approximate surface area is 74.2 Å². The lowest BCUT2D eigenvalue weighted by molar-refractivity contribution is 0.0992. The van der Waals surface area contributed by atoms with E-state index in [4.69, 9.17) is 5.84 Å². The molecule has 1 aromatic rings. The van der Waals surface area contributed by atoms with Crippen molar-refractivity contribution in [1.29, 1.82) is 0 Å². The third-order valence-electron chi connectivity index (χ3n) is 1.44. The standard InChI is InChI=1S/C8H7N3O2/c9-11-10-8(13)7-3-1-6(5-12)2-4-7/h1-5H,(H2,9,10,13). The molecule has 0 aliphatic rings. The number of amides is 1. The highest BCUT2D eigenvalue weighted by Gasteiger charge is 2.02. The second-order valence-electron chi connectivity index (χ2n) is 2.26. The molecule has 0 radical (unpaired) electrons. The van der Waals surface area contributed by atoms with E-state index in [1.807, 2.05) is 0 Å². The largest absolute Gasteiger partial charge is 0.304 e. The van der Waals surface area contributed by atoms with Crippen LogP contribution in [0.4, 0.5) is 0 Å². The highest BCUT2D eigenvalue weighted by Crippen LogP contribution is 2.03. The Balaban J connectivity index is 2.91. The van der Waals surface area contributed by atoms with E-state index >= 15 is 0 Å². The molecule has 13 heavy (non-hydrogen) atoms. The van der Waals surface area contributed by atoms with Crippen molar-refractivity contribution in [2.45, 2.75) is 0 Å². The second kappa shape index (κ2) is 4.10. The van der Waals surface area contributed by atoms with Crippen LogP contribution in [0, 0.1) is 0 Å².